The fourth-order valence-corrected chi connectivity index (χ4v) is 2.48. The molecule has 0 saturated carbocycles. The Hall–Kier alpha value is 0.260. The van der Waals surface area contributed by atoms with E-state index in [1.807, 2.05) is 0 Å². The minimum atomic E-state index is -4.73. The molecule has 0 saturated heterocycles. The molecule has 110 valence electrons. The van der Waals surface area contributed by atoms with E-state index in [2.05, 4.69) is 15.0 Å². The molecule has 2 rings (SSSR count). The van der Waals surface area contributed by atoms with Gasteiger partial charge in [-0.15, -0.1) is 0 Å². The second-order valence-corrected chi connectivity index (χ2v) is 5.90. The molecule has 0 aliphatic rings. The maximum Gasteiger partial charge on any atom is 1.00 e. The van der Waals surface area contributed by atoms with Crippen LogP contribution < -0.4 is 80.4 Å². The van der Waals surface area contributed by atoms with Crippen LogP contribution in [0.2, 0.25) is 0 Å². The SMILES string of the molecule is Nc1nc(N)c2ncn(CC[C@@H](O)CP(=O)([O-])[O-])c2n1.[Na+].[Na+]. The van der Waals surface area contributed by atoms with E-state index < -0.39 is 19.9 Å². The zero-order chi connectivity index (χ0) is 14.9. The molecule has 0 aliphatic carbocycles. The largest absolute Gasteiger partial charge is 1.00 e. The maximum absolute atomic E-state index is 10.5. The smallest absolute Gasteiger partial charge is 0.811 e. The molecule has 0 bridgehead atoms. The summed E-state index contributed by atoms with van der Waals surface area (Å²) in [5.41, 5.74) is 11.9. The third-order valence-corrected chi connectivity index (χ3v) is 3.51. The first-order valence-electron chi connectivity index (χ1n) is 5.69. The Morgan fingerprint density at radius 2 is 1.95 bits per heavy atom. The molecule has 0 unspecified atom stereocenters. The van der Waals surface area contributed by atoms with Gasteiger partial charge >= 0.3 is 59.1 Å². The Morgan fingerprint density at radius 3 is 2.55 bits per heavy atom. The van der Waals surface area contributed by atoms with Gasteiger partial charge in [-0.05, 0) is 6.42 Å². The van der Waals surface area contributed by atoms with Gasteiger partial charge in [-0.2, -0.15) is 9.97 Å². The molecule has 1 atom stereocenters. The van der Waals surface area contributed by atoms with Crippen LogP contribution in [0.5, 0.6) is 0 Å². The summed E-state index contributed by atoms with van der Waals surface area (Å²) < 4.78 is 12.1. The fraction of sp³-hybridized carbons (Fsp3) is 0.444. The molecular formula is C9H13N6Na2O4P. The average Bonchev–Trinajstić information content (AvgIpc) is 2.67. The first kappa shape index (κ1) is 22.3. The molecule has 5 N–H and O–H groups in total. The van der Waals surface area contributed by atoms with Crippen LogP contribution in [0, 0.1) is 0 Å². The Morgan fingerprint density at radius 1 is 1.32 bits per heavy atom. The molecule has 0 spiro atoms. The number of rotatable bonds is 5. The summed E-state index contributed by atoms with van der Waals surface area (Å²) in [6.07, 6.45) is -0.566. The van der Waals surface area contributed by atoms with Crippen molar-refractivity contribution in [3.05, 3.63) is 6.33 Å². The quantitative estimate of drug-likeness (QED) is 0.350. The van der Waals surface area contributed by atoms with Crippen LogP contribution in [0.25, 0.3) is 11.2 Å². The molecule has 22 heavy (non-hydrogen) atoms. The second kappa shape index (κ2) is 8.93. The molecule has 0 radical (unpaired) electrons. The van der Waals surface area contributed by atoms with Crippen molar-refractivity contribution in [2.75, 3.05) is 17.6 Å². The number of nitrogen functional groups attached to an aromatic ring is 2. The summed E-state index contributed by atoms with van der Waals surface area (Å²) in [6, 6.07) is 0. The van der Waals surface area contributed by atoms with Crippen LogP contribution >= 0.6 is 7.60 Å². The fourth-order valence-electron chi connectivity index (χ4n) is 1.78. The Labute approximate surface area is 170 Å². The van der Waals surface area contributed by atoms with Crippen molar-refractivity contribution >= 4 is 30.5 Å². The van der Waals surface area contributed by atoms with Crippen LogP contribution in [0.3, 0.4) is 0 Å². The standard InChI is InChI=1S/C9H15N6O4P.2Na/c10-7-6-8(14-9(11)13-7)15(4-12-6)2-1-5(16)3-20(17,18)19;;/h4-5,16H,1-3H2,(H2,17,18,19)(H4,10,11,13,14);;/q;2*+1/p-2/t5-;;/m1../s1. The number of aliphatic hydroxyl groups is 1. The van der Waals surface area contributed by atoms with Crippen LogP contribution in [0.15, 0.2) is 6.33 Å². The van der Waals surface area contributed by atoms with E-state index in [1.54, 1.807) is 4.57 Å². The second-order valence-electron chi connectivity index (χ2n) is 4.31. The molecule has 0 fully saturated rings. The zero-order valence-corrected chi connectivity index (χ0v) is 17.2. The minimum Gasteiger partial charge on any atom is -0.811 e. The molecule has 13 heteroatoms. The van der Waals surface area contributed by atoms with Crippen LogP contribution in [-0.2, 0) is 11.1 Å². The summed E-state index contributed by atoms with van der Waals surface area (Å²) in [4.78, 5) is 32.8. The summed E-state index contributed by atoms with van der Waals surface area (Å²) in [5, 5.41) is 9.48. The Kier molecular flexibility index (Phi) is 9.04. The molecule has 2 heterocycles. The summed E-state index contributed by atoms with van der Waals surface area (Å²) >= 11 is 0. The Bertz CT molecular complexity index is 677. The van der Waals surface area contributed by atoms with E-state index in [0.717, 1.165) is 0 Å². The van der Waals surface area contributed by atoms with Crippen molar-refractivity contribution in [2.24, 2.45) is 0 Å². The molecule has 0 aliphatic heterocycles. The van der Waals surface area contributed by atoms with E-state index in [1.165, 1.54) is 6.33 Å². The van der Waals surface area contributed by atoms with Gasteiger partial charge < -0.3 is 35.5 Å². The number of aliphatic hydroxyl groups excluding tert-OH is 1. The minimum absolute atomic E-state index is 0. The van der Waals surface area contributed by atoms with Gasteiger partial charge in [-0.1, -0.05) is 7.60 Å². The average molecular weight is 346 g/mol. The summed E-state index contributed by atoms with van der Waals surface area (Å²) in [7, 11) is -4.73. The van der Waals surface area contributed by atoms with Gasteiger partial charge in [0.25, 0.3) is 0 Å². The van der Waals surface area contributed by atoms with Crippen molar-refractivity contribution in [3.63, 3.8) is 0 Å². The molecule has 10 nitrogen and oxygen atoms in total. The number of nitrogens with zero attached hydrogens (tertiary/aromatic N) is 4. The van der Waals surface area contributed by atoms with E-state index in [4.69, 9.17) is 11.5 Å². The van der Waals surface area contributed by atoms with Gasteiger partial charge in [-0.3, -0.25) is 0 Å². The monoisotopic (exact) mass is 346 g/mol. The molecular weight excluding hydrogens is 333 g/mol. The summed E-state index contributed by atoms with van der Waals surface area (Å²) in [5.74, 6) is 0.122. The first-order chi connectivity index (χ1) is 9.26. The topological polar surface area (TPSA) is 179 Å². The van der Waals surface area contributed by atoms with Crippen LogP contribution in [-0.4, -0.2) is 36.9 Å². The molecule has 2 aromatic heterocycles. The molecule has 0 amide bonds. The number of imidazole rings is 1. The van der Waals surface area contributed by atoms with Gasteiger partial charge in [0, 0.05) is 12.7 Å². The molecule has 2 aromatic rings. The van der Waals surface area contributed by atoms with Gasteiger partial charge in [0.2, 0.25) is 5.95 Å². The number of hydrogen-bond acceptors (Lipinski definition) is 9. The van der Waals surface area contributed by atoms with E-state index in [9.17, 15) is 19.5 Å². The maximum atomic E-state index is 10.5. The first-order valence-corrected chi connectivity index (χ1v) is 7.42. The zero-order valence-electron chi connectivity index (χ0n) is 12.3. The predicted octanol–water partition coefficient (Wildman–Crippen LogP) is -8.34. The number of aromatic nitrogens is 4. The van der Waals surface area contributed by atoms with Gasteiger partial charge in [0.15, 0.2) is 11.5 Å². The van der Waals surface area contributed by atoms with Crippen molar-refractivity contribution in [1.29, 1.82) is 0 Å². The number of anilines is 2. The van der Waals surface area contributed by atoms with Gasteiger partial charge in [0.1, 0.15) is 5.52 Å². The van der Waals surface area contributed by atoms with E-state index in [0.29, 0.717) is 11.2 Å². The Balaban J connectivity index is 0.00000220. The molecule has 0 aromatic carbocycles. The number of fused-ring (bicyclic) bond motifs is 1. The van der Waals surface area contributed by atoms with Gasteiger partial charge in [-0.25, -0.2) is 4.98 Å². The van der Waals surface area contributed by atoms with Crippen molar-refractivity contribution in [1.82, 2.24) is 19.5 Å². The third-order valence-electron chi connectivity index (χ3n) is 2.65. The normalized spacial score (nSPS) is 12.5. The number of hydrogen-bond donors (Lipinski definition) is 3. The predicted molar refractivity (Wildman–Crippen MR) is 67.2 cm³/mol. The van der Waals surface area contributed by atoms with Crippen LogP contribution in [0.1, 0.15) is 6.42 Å². The van der Waals surface area contributed by atoms with Crippen molar-refractivity contribution in [3.8, 4) is 0 Å². The van der Waals surface area contributed by atoms with E-state index in [-0.39, 0.29) is 83.8 Å². The number of nitrogens with two attached hydrogens (primary N) is 2. The third kappa shape index (κ3) is 6.04. The number of aryl methyl sites for hydroxylation is 1. The van der Waals surface area contributed by atoms with Crippen LogP contribution in [0.4, 0.5) is 11.8 Å². The summed E-state index contributed by atoms with van der Waals surface area (Å²) in [6.45, 7) is 0.216. The van der Waals surface area contributed by atoms with Crippen molar-refractivity contribution < 1.29 is 78.6 Å². The van der Waals surface area contributed by atoms with E-state index >= 15 is 0 Å². The van der Waals surface area contributed by atoms with Crippen molar-refractivity contribution in [2.45, 2.75) is 19.1 Å². The van der Waals surface area contributed by atoms with Gasteiger partial charge in [0.05, 0.1) is 12.4 Å².